The first-order valence-electron chi connectivity index (χ1n) is 8.05. The number of benzene rings is 1. The largest absolute Gasteiger partial charge is 0.441 e. The summed E-state index contributed by atoms with van der Waals surface area (Å²) < 4.78 is 5.71. The van der Waals surface area contributed by atoms with Crippen LogP contribution in [0.4, 0.5) is 0 Å². The highest BCUT2D eigenvalue weighted by molar-refractivity contribution is 5.77. The molecule has 1 saturated heterocycles. The Balaban J connectivity index is 1.47. The van der Waals surface area contributed by atoms with Gasteiger partial charge in [-0.1, -0.05) is 12.1 Å². The van der Waals surface area contributed by atoms with Crippen LogP contribution in [0.2, 0.25) is 0 Å². The van der Waals surface area contributed by atoms with Crippen molar-refractivity contribution in [2.75, 3.05) is 19.6 Å². The lowest BCUT2D eigenvalue weighted by Crippen LogP contribution is -2.33. The van der Waals surface area contributed by atoms with Gasteiger partial charge in [-0.15, -0.1) is 0 Å². The van der Waals surface area contributed by atoms with Gasteiger partial charge in [0.25, 0.3) is 0 Å². The first-order valence-corrected chi connectivity index (χ1v) is 8.05. The van der Waals surface area contributed by atoms with Crippen LogP contribution in [0.1, 0.15) is 30.7 Å². The lowest BCUT2D eigenvalue weighted by molar-refractivity contribution is -0.122. The predicted octanol–water partition coefficient (Wildman–Crippen LogP) is 2.18. The van der Waals surface area contributed by atoms with E-state index in [1.54, 1.807) is 0 Å². The fourth-order valence-electron chi connectivity index (χ4n) is 2.97. The molecule has 1 fully saturated rings. The SMILES string of the molecule is Cc1cccc2oc(CCNC(=O)CC3CCNCC3)nc12. The minimum atomic E-state index is 0.138. The van der Waals surface area contributed by atoms with Crippen molar-refractivity contribution in [1.82, 2.24) is 15.6 Å². The van der Waals surface area contributed by atoms with Gasteiger partial charge in [0.1, 0.15) is 5.52 Å². The Labute approximate surface area is 130 Å². The van der Waals surface area contributed by atoms with Crippen molar-refractivity contribution in [2.45, 2.75) is 32.6 Å². The maximum Gasteiger partial charge on any atom is 0.220 e. The zero-order chi connectivity index (χ0) is 15.4. The molecule has 1 aliphatic rings. The standard InChI is InChI=1S/C17H23N3O2/c1-12-3-2-4-14-17(12)20-16(22-14)7-10-19-15(21)11-13-5-8-18-9-6-13/h2-4,13,18H,5-11H2,1H3,(H,19,21). The zero-order valence-electron chi connectivity index (χ0n) is 13.0. The van der Waals surface area contributed by atoms with Crippen molar-refractivity contribution < 1.29 is 9.21 Å². The number of carbonyl (C=O) groups excluding carboxylic acids is 1. The lowest BCUT2D eigenvalue weighted by atomic mass is 9.94. The fourth-order valence-corrected chi connectivity index (χ4v) is 2.97. The Kier molecular flexibility index (Phi) is 4.73. The highest BCUT2D eigenvalue weighted by Gasteiger charge is 2.16. The Morgan fingerprint density at radius 2 is 2.23 bits per heavy atom. The molecule has 0 unspecified atom stereocenters. The van der Waals surface area contributed by atoms with Crippen molar-refractivity contribution in [3.8, 4) is 0 Å². The summed E-state index contributed by atoms with van der Waals surface area (Å²) in [7, 11) is 0. The van der Waals surface area contributed by atoms with Gasteiger partial charge in [-0.25, -0.2) is 4.98 Å². The summed E-state index contributed by atoms with van der Waals surface area (Å²) in [4.78, 5) is 16.4. The maximum absolute atomic E-state index is 11.9. The Bertz CT molecular complexity index is 644. The van der Waals surface area contributed by atoms with Crippen molar-refractivity contribution in [3.05, 3.63) is 29.7 Å². The second kappa shape index (κ2) is 6.92. The number of nitrogens with zero attached hydrogens (tertiary/aromatic N) is 1. The summed E-state index contributed by atoms with van der Waals surface area (Å²) in [5.74, 6) is 1.35. The summed E-state index contributed by atoms with van der Waals surface area (Å²) in [5.41, 5.74) is 2.84. The molecule has 1 aliphatic heterocycles. The number of aromatic nitrogens is 1. The van der Waals surface area contributed by atoms with Crippen LogP contribution in [0, 0.1) is 12.8 Å². The number of carbonyl (C=O) groups is 1. The van der Waals surface area contributed by atoms with E-state index in [9.17, 15) is 4.79 Å². The molecule has 2 N–H and O–H groups in total. The van der Waals surface area contributed by atoms with Gasteiger partial charge in [0.2, 0.25) is 5.91 Å². The van der Waals surface area contributed by atoms with Gasteiger partial charge in [0.15, 0.2) is 11.5 Å². The smallest absolute Gasteiger partial charge is 0.220 e. The average Bonchev–Trinajstić information content (AvgIpc) is 2.93. The van der Waals surface area contributed by atoms with Gasteiger partial charge in [0, 0.05) is 19.4 Å². The van der Waals surface area contributed by atoms with Crippen LogP contribution in [0.25, 0.3) is 11.1 Å². The Morgan fingerprint density at radius 1 is 1.41 bits per heavy atom. The number of nitrogens with one attached hydrogen (secondary N) is 2. The van der Waals surface area contributed by atoms with Gasteiger partial charge in [-0.3, -0.25) is 4.79 Å². The summed E-state index contributed by atoms with van der Waals surface area (Å²) in [6.07, 6.45) is 3.45. The van der Waals surface area contributed by atoms with E-state index in [-0.39, 0.29) is 5.91 Å². The molecule has 22 heavy (non-hydrogen) atoms. The first-order chi connectivity index (χ1) is 10.7. The van der Waals surface area contributed by atoms with Gasteiger partial charge in [-0.2, -0.15) is 0 Å². The third-order valence-electron chi connectivity index (χ3n) is 4.26. The molecule has 2 heterocycles. The first kappa shape index (κ1) is 15.0. The van der Waals surface area contributed by atoms with Crippen LogP contribution in [0.5, 0.6) is 0 Å². The van der Waals surface area contributed by atoms with Gasteiger partial charge in [0.05, 0.1) is 0 Å². The molecule has 5 heteroatoms. The number of hydrogen-bond donors (Lipinski definition) is 2. The van der Waals surface area contributed by atoms with E-state index in [1.807, 2.05) is 25.1 Å². The minimum Gasteiger partial charge on any atom is -0.441 e. The molecule has 0 radical (unpaired) electrons. The van der Waals surface area contributed by atoms with Crippen molar-refractivity contribution in [2.24, 2.45) is 5.92 Å². The number of aryl methyl sites for hydroxylation is 1. The number of hydrogen-bond acceptors (Lipinski definition) is 4. The number of amides is 1. The normalized spacial score (nSPS) is 16.0. The molecule has 0 saturated carbocycles. The number of piperidine rings is 1. The van der Waals surface area contributed by atoms with Crippen molar-refractivity contribution in [3.63, 3.8) is 0 Å². The predicted molar refractivity (Wildman–Crippen MR) is 85.7 cm³/mol. The number of para-hydroxylation sites is 1. The van der Waals surface area contributed by atoms with E-state index in [0.717, 1.165) is 42.6 Å². The lowest BCUT2D eigenvalue weighted by Gasteiger charge is -2.21. The van der Waals surface area contributed by atoms with Crippen molar-refractivity contribution in [1.29, 1.82) is 0 Å². The molecular formula is C17H23N3O2. The van der Waals surface area contributed by atoms with Gasteiger partial charge < -0.3 is 15.1 Å². The molecule has 1 aromatic heterocycles. The van der Waals surface area contributed by atoms with Crippen LogP contribution in [-0.4, -0.2) is 30.5 Å². The molecule has 2 aromatic rings. The van der Waals surface area contributed by atoms with Gasteiger partial charge >= 0.3 is 0 Å². The van der Waals surface area contributed by atoms with E-state index < -0.39 is 0 Å². The molecule has 118 valence electrons. The minimum absolute atomic E-state index is 0.138. The molecule has 3 rings (SSSR count). The topological polar surface area (TPSA) is 67.2 Å². The van der Waals surface area contributed by atoms with Crippen LogP contribution in [0.15, 0.2) is 22.6 Å². The quantitative estimate of drug-likeness (QED) is 0.888. The molecule has 1 amide bonds. The Hall–Kier alpha value is -1.88. The molecule has 0 spiro atoms. The molecule has 5 nitrogen and oxygen atoms in total. The third-order valence-corrected chi connectivity index (χ3v) is 4.26. The van der Waals surface area contributed by atoms with E-state index in [2.05, 4.69) is 15.6 Å². The van der Waals surface area contributed by atoms with Crippen LogP contribution in [-0.2, 0) is 11.2 Å². The average molecular weight is 301 g/mol. The van der Waals surface area contributed by atoms with Crippen molar-refractivity contribution >= 4 is 17.0 Å². The monoisotopic (exact) mass is 301 g/mol. The molecule has 1 aromatic carbocycles. The van der Waals surface area contributed by atoms with Crippen LogP contribution >= 0.6 is 0 Å². The van der Waals surface area contributed by atoms with E-state index >= 15 is 0 Å². The second-order valence-corrected chi connectivity index (χ2v) is 6.03. The zero-order valence-corrected chi connectivity index (χ0v) is 13.0. The van der Waals surface area contributed by atoms with E-state index in [4.69, 9.17) is 4.42 Å². The number of fused-ring (bicyclic) bond motifs is 1. The molecular weight excluding hydrogens is 278 g/mol. The number of rotatable bonds is 5. The summed E-state index contributed by atoms with van der Waals surface area (Å²) in [6.45, 7) is 4.66. The highest BCUT2D eigenvalue weighted by atomic mass is 16.3. The van der Waals surface area contributed by atoms with E-state index in [0.29, 0.717) is 31.2 Å². The molecule has 0 atom stereocenters. The summed E-state index contributed by atoms with van der Waals surface area (Å²) >= 11 is 0. The van der Waals surface area contributed by atoms with E-state index in [1.165, 1.54) is 0 Å². The number of oxazole rings is 1. The molecule has 0 bridgehead atoms. The third kappa shape index (κ3) is 3.65. The Morgan fingerprint density at radius 3 is 3.00 bits per heavy atom. The highest BCUT2D eigenvalue weighted by Crippen LogP contribution is 2.19. The summed E-state index contributed by atoms with van der Waals surface area (Å²) in [6, 6.07) is 5.91. The maximum atomic E-state index is 11.9. The van der Waals surface area contributed by atoms with Crippen LogP contribution in [0.3, 0.4) is 0 Å². The fraction of sp³-hybridized carbons (Fsp3) is 0.529. The summed E-state index contributed by atoms with van der Waals surface area (Å²) in [5, 5.41) is 6.30. The van der Waals surface area contributed by atoms with Gasteiger partial charge in [-0.05, 0) is 50.4 Å². The molecule has 0 aliphatic carbocycles. The van der Waals surface area contributed by atoms with Crippen LogP contribution < -0.4 is 10.6 Å². The second-order valence-electron chi connectivity index (χ2n) is 6.03.